The summed E-state index contributed by atoms with van der Waals surface area (Å²) in [6.45, 7) is 0. The number of H-pyrrole nitrogens is 1. The molecule has 0 spiro atoms. The van der Waals surface area contributed by atoms with Gasteiger partial charge in [0.05, 0.1) is 13.2 Å². The van der Waals surface area contributed by atoms with E-state index >= 15 is 0 Å². The highest BCUT2D eigenvalue weighted by molar-refractivity contribution is 6.02. The number of fused-ring (bicyclic) bond motifs is 2. The van der Waals surface area contributed by atoms with E-state index in [0.29, 0.717) is 17.7 Å². The monoisotopic (exact) mass is 361 g/mol. The van der Waals surface area contributed by atoms with E-state index in [0.717, 1.165) is 22.2 Å². The van der Waals surface area contributed by atoms with Crippen LogP contribution in [0.3, 0.4) is 0 Å². The molecule has 0 radical (unpaired) electrons. The molecule has 0 aliphatic carbocycles. The Morgan fingerprint density at radius 1 is 1.15 bits per heavy atom. The first kappa shape index (κ1) is 16.9. The number of amides is 2. The summed E-state index contributed by atoms with van der Waals surface area (Å²) >= 11 is 0. The number of aromatic nitrogens is 1. The Labute approximate surface area is 156 Å². The Hall–Kier alpha value is -3.54. The second-order valence-electron chi connectivity index (χ2n) is 6.41. The largest absolute Gasteiger partial charge is 0.466 e. The Kier molecular flexibility index (Phi) is 4.38. The number of rotatable bonds is 3. The molecule has 0 unspecified atom stereocenters. The Balaban J connectivity index is 1.77. The number of para-hydroxylation sites is 2. The van der Waals surface area contributed by atoms with Crippen LogP contribution in [0.15, 0.2) is 60.7 Å². The van der Waals surface area contributed by atoms with Crippen molar-refractivity contribution in [3.05, 3.63) is 71.9 Å². The van der Waals surface area contributed by atoms with Crippen molar-refractivity contribution < 1.29 is 14.3 Å². The number of methoxy groups -OCH3 is 1. The van der Waals surface area contributed by atoms with Gasteiger partial charge >= 0.3 is 12.0 Å². The minimum Gasteiger partial charge on any atom is -0.466 e. The van der Waals surface area contributed by atoms with Crippen molar-refractivity contribution in [2.24, 2.45) is 0 Å². The normalized spacial score (nSPS) is 17.7. The molecule has 6 heteroatoms. The van der Waals surface area contributed by atoms with Gasteiger partial charge in [-0.3, -0.25) is 0 Å². The number of nitrogens with one attached hydrogen (secondary N) is 3. The van der Waals surface area contributed by atoms with E-state index in [-0.39, 0.29) is 12.1 Å². The van der Waals surface area contributed by atoms with Gasteiger partial charge in [-0.2, -0.15) is 0 Å². The third-order valence-corrected chi connectivity index (χ3v) is 4.65. The first-order valence-corrected chi connectivity index (χ1v) is 8.67. The van der Waals surface area contributed by atoms with Gasteiger partial charge in [0.1, 0.15) is 0 Å². The van der Waals surface area contributed by atoms with Crippen LogP contribution in [0, 0.1) is 0 Å². The number of carbonyl (C=O) groups excluding carboxylic acids is 2. The van der Waals surface area contributed by atoms with Crippen LogP contribution in [0.25, 0.3) is 16.5 Å². The molecule has 1 aromatic heterocycles. The third-order valence-electron chi connectivity index (χ3n) is 4.65. The third kappa shape index (κ3) is 3.42. The molecule has 1 aliphatic rings. The molecule has 2 heterocycles. The lowest BCUT2D eigenvalue weighted by Gasteiger charge is -2.18. The lowest BCUT2D eigenvalue weighted by Crippen LogP contribution is -2.38. The van der Waals surface area contributed by atoms with Crippen molar-refractivity contribution in [2.75, 3.05) is 12.4 Å². The van der Waals surface area contributed by atoms with Gasteiger partial charge in [0.25, 0.3) is 0 Å². The zero-order chi connectivity index (χ0) is 18.8. The summed E-state index contributed by atoms with van der Waals surface area (Å²) in [4.78, 5) is 27.7. The molecule has 2 amide bonds. The van der Waals surface area contributed by atoms with Gasteiger partial charge in [0.15, 0.2) is 0 Å². The van der Waals surface area contributed by atoms with Crippen molar-refractivity contribution in [3.63, 3.8) is 0 Å². The summed E-state index contributed by atoms with van der Waals surface area (Å²) in [5.41, 5.74) is 4.15. The number of esters is 1. The first-order valence-electron chi connectivity index (χ1n) is 8.67. The molecule has 3 N–H and O–H groups in total. The summed E-state index contributed by atoms with van der Waals surface area (Å²) in [5.74, 6) is -0.461. The molecule has 27 heavy (non-hydrogen) atoms. The summed E-state index contributed by atoms with van der Waals surface area (Å²) in [6, 6.07) is 16.8. The van der Waals surface area contributed by atoms with Crippen molar-refractivity contribution >= 4 is 34.2 Å². The maximum Gasteiger partial charge on any atom is 0.330 e. The highest BCUT2D eigenvalue weighted by Gasteiger charge is 2.26. The Morgan fingerprint density at radius 3 is 2.74 bits per heavy atom. The lowest BCUT2D eigenvalue weighted by atomic mass is 9.94. The fourth-order valence-corrected chi connectivity index (χ4v) is 3.41. The van der Waals surface area contributed by atoms with E-state index in [1.165, 1.54) is 13.2 Å². The molecule has 6 nitrogen and oxygen atoms in total. The predicted molar refractivity (Wildman–Crippen MR) is 104 cm³/mol. The predicted octanol–water partition coefficient (Wildman–Crippen LogP) is 3.47. The minimum absolute atomic E-state index is 0.308. The Morgan fingerprint density at radius 2 is 1.93 bits per heavy atom. The quantitative estimate of drug-likeness (QED) is 0.493. The van der Waals surface area contributed by atoms with E-state index in [2.05, 4.69) is 21.7 Å². The molecule has 3 aromatic rings. The van der Waals surface area contributed by atoms with Gasteiger partial charge in [-0.05, 0) is 29.2 Å². The van der Waals surface area contributed by atoms with Crippen LogP contribution in [0.5, 0.6) is 0 Å². The van der Waals surface area contributed by atoms with Crippen molar-refractivity contribution in [3.8, 4) is 0 Å². The number of aromatic amines is 1. The topological polar surface area (TPSA) is 83.2 Å². The van der Waals surface area contributed by atoms with Crippen molar-refractivity contribution in [1.29, 1.82) is 0 Å². The SMILES string of the molecule is COC(=O)/C=C1\c2ccccc2NC(=O)N[C@H]1Cc1cc2ccccc2[nH]1. The standard InChI is InChI=1S/C21H19N3O3/c1-27-20(25)12-16-15-7-3-5-9-18(15)23-21(26)24-19(16)11-14-10-13-6-2-4-8-17(13)22-14/h2-10,12,19,22H,11H2,1H3,(H2,23,24,26)/b16-12+/t19-/m0/s1. The van der Waals surface area contributed by atoms with Crippen molar-refractivity contribution in [2.45, 2.75) is 12.5 Å². The highest BCUT2D eigenvalue weighted by atomic mass is 16.5. The van der Waals surface area contributed by atoms with E-state index in [9.17, 15) is 9.59 Å². The maximum atomic E-state index is 12.3. The van der Waals surface area contributed by atoms with Gasteiger partial charge in [0.2, 0.25) is 0 Å². The lowest BCUT2D eigenvalue weighted by molar-refractivity contribution is -0.134. The fraction of sp³-hybridized carbons (Fsp3) is 0.143. The second kappa shape index (κ2) is 6.99. The molecular formula is C21H19N3O3. The summed E-state index contributed by atoms with van der Waals surface area (Å²) in [5, 5.41) is 6.89. The summed E-state index contributed by atoms with van der Waals surface area (Å²) in [6.07, 6.45) is 1.96. The molecular weight excluding hydrogens is 342 g/mol. The smallest absolute Gasteiger partial charge is 0.330 e. The molecule has 0 saturated heterocycles. The van der Waals surface area contributed by atoms with Crippen LogP contribution >= 0.6 is 0 Å². The van der Waals surface area contributed by atoms with E-state index < -0.39 is 5.97 Å². The molecule has 1 atom stereocenters. The number of hydrogen-bond donors (Lipinski definition) is 3. The van der Waals surface area contributed by atoms with Crippen LogP contribution in [0.2, 0.25) is 0 Å². The maximum absolute atomic E-state index is 12.3. The molecule has 2 aromatic carbocycles. The summed E-state index contributed by atoms with van der Waals surface area (Å²) < 4.78 is 4.83. The number of urea groups is 1. The average molecular weight is 361 g/mol. The van der Waals surface area contributed by atoms with E-state index in [4.69, 9.17) is 4.74 Å². The molecule has 136 valence electrons. The molecule has 0 saturated carbocycles. The molecule has 1 aliphatic heterocycles. The van der Waals surface area contributed by atoms with Crippen LogP contribution in [-0.4, -0.2) is 30.1 Å². The fourth-order valence-electron chi connectivity index (χ4n) is 3.41. The van der Waals surface area contributed by atoms with Gasteiger partial charge in [-0.1, -0.05) is 36.4 Å². The molecule has 0 bridgehead atoms. The van der Waals surface area contributed by atoms with Gasteiger partial charge in [-0.15, -0.1) is 0 Å². The van der Waals surface area contributed by atoms with E-state index in [1.807, 2.05) is 48.5 Å². The number of benzene rings is 2. The molecule has 0 fully saturated rings. The number of carbonyl (C=O) groups is 2. The zero-order valence-corrected chi connectivity index (χ0v) is 14.8. The number of ether oxygens (including phenoxy) is 1. The average Bonchev–Trinajstić information content (AvgIpc) is 3.02. The van der Waals surface area contributed by atoms with Gasteiger partial charge < -0.3 is 20.4 Å². The second-order valence-corrected chi connectivity index (χ2v) is 6.41. The zero-order valence-electron chi connectivity index (χ0n) is 14.8. The van der Waals surface area contributed by atoms with Crippen LogP contribution in [0.4, 0.5) is 10.5 Å². The number of anilines is 1. The van der Waals surface area contributed by atoms with Crippen molar-refractivity contribution in [1.82, 2.24) is 10.3 Å². The van der Waals surface area contributed by atoms with Crippen LogP contribution < -0.4 is 10.6 Å². The summed E-state index contributed by atoms with van der Waals surface area (Å²) in [7, 11) is 1.34. The minimum atomic E-state index is -0.461. The van der Waals surface area contributed by atoms with E-state index in [1.54, 1.807) is 0 Å². The first-order chi connectivity index (χ1) is 13.1. The highest BCUT2D eigenvalue weighted by Crippen LogP contribution is 2.31. The molecule has 4 rings (SSSR count). The number of hydrogen-bond acceptors (Lipinski definition) is 3. The van der Waals surface area contributed by atoms with Gasteiger partial charge in [-0.25, -0.2) is 9.59 Å². The van der Waals surface area contributed by atoms with Gasteiger partial charge in [0, 0.05) is 35.0 Å². The van der Waals surface area contributed by atoms with Crippen LogP contribution in [0.1, 0.15) is 11.3 Å². The Bertz CT molecular complexity index is 1020. The van der Waals surface area contributed by atoms with Crippen LogP contribution in [-0.2, 0) is 16.0 Å².